The van der Waals surface area contributed by atoms with E-state index in [4.69, 9.17) is 16.3 Å². The van der Waals surface area contributed by atoms with E-state index in [0.717, 1.165) is 55.6 Å². The molecule has 0 radical (unpaired) electrons. The number of phenolic OH excluding ortho intramolecular Hbond substituents is 1. The fraction of sp³-hybridized carbons (Fsp3) is 0.465. The number of methoxy groups -OCH3 is 1. The van der Waals surface area contributed by atoms with E-state index in [1.807, 2.05) is 24.3 Å². The number of ether oxygens (including phenoxy) is 1. The zero-order valence-corrected chi connectivity index (χ0v) is 32.0. The van der Waals surface area contributed by atoms with Gasteiger partial charge in [-0.3, -0.25) is 14.4 Å². The third-order valence-corrected chi connectivity index (χ3v) is 12.8. The van der Waals surface area contributed by atoms with Gasteiger partial charge >= 0.3 is 5.97 Å². The van der Waals surface area contributed by atoms with E-state index in [2.05, 4.69) is 20.5 Å². The average Bonchev–Trinajstić information content (AvgIpc) is 3.19. The van der Waals surface area contributed by atoms with Gasteiger partial charge in [0.05, 0.1) is 34.9 Å². The predicted molar refractivity (Wildman–Crippen MR) is 213 cm³/mol. The first-order chi connectivity index (χ1) is 26.6. The molecule has 4 aromatic rings. The lowest BCUT2D eigenvalue weighted by Crippen LogP contribution is -2.56. The highest BCUT2D eigenvalue weighted by molar-refractivity contribution is 6.33. The van der Waals surface area contributed by atoms with Crippen molar-refractivity contribution >= 4 is 40.1 Å². The van der Waals surface area contributed by atoms with Crippen molar-refractivity contribution in [2.45, 2.75) is 75.9 Å². The number of hydrogen-bond donors (Lipinski definition) is 6. The molecule has 3 aliphatic heterocycles. The van der Waals surface area contributed by atoms with Crippen molar-refractivity contribution in [2.75, 3.05) is 38.6 Å². The number of aliphatic hydroxyl groups excluding tert-OH is 1. The molecule has 4 fully saturated rings. The second kappa shape index (κ2) is 16.8. The van der Waals surface area contributed by atoms with Crippen LogP contribution in [0.15, 0.2) is 65.5 Å². The molecule has 12 heteroatoms. The van der Waals surface area contributed by atoms with E-state index in [-0.39, 0.29) is 41.6 Å². The minimum absolute atomic E-state index is 0.0769. The van der Waals surface area contributed by atoms with E-state index in [1.165, 1.54) is 32.1 Å². The molecule has 0 spiro atoms. The van der Waals surface area contributed by atoms with Crippen LogP contribution in [-0.2, 0) is 28.0 Å². The number of piperidine rings is 3. The SMILES string of the molecule is COc1cc(NC(=O)CCCc2ccc(C3(C(=O)O)CCCCC3C3CN4CCC3CC4)cc2)c(Cl)cc1CNC[C@H](O)c1ccc(O)c2[nH]c(=O)ccc12. The number of aromatic nitrogens is 1. The van der Waals surface area contributed by atoms with Gasteiger partial charge in [-0.25, -0.2) is 0 Å². The monoisotopic (exact) mass is 770 g/mol. The maximum atomic E-state index is 13.2. The van der Waals surface area contributed by atoms with E-state index in [1.54, 1.807) is 24.3 Å². The Balaban J connectivity index is 0.928. The second-order valence-electron chi connectivity index (χ2n) is 15.6. The number of phenols is 1. The number of hydrogen-bond acceptors (Lipinski definition) is 8. The molecule has 4 aliphatic rings. The Labute approximate surface area is 326 Å². The number of fused-ring (bicyclic) bond motifs is 4. The number of carboxylic acid groups (broad SMARTS) is 1. The molecule has 3 unspecified atom stereocenters. The molecule has 1 amide bonds. The van der Waals surface area contributed by atoms with Crippen LogP contribution in [0.4, 0.5) is 5.69 Å². The first-order valence-electron chi connectivity index (χ1n) is 19.5. The van der Waals surface area contributed by atoms with Crippen LogP contribution in [0.25, 0.3) is 10.9 Å². The topological polar surface area (TPSA) is 164 Å². The van der Waals surface area contributed by atoms with Crippen LogP contribution in [-0.4, -0.2) is 70.4 Å². The number of aryl methyl sites for hydroxylation is 1. The molecule has 4 heterocycles. The Bertz CT molecular complexity index is 2080. The summed E-state index contributed by atoms with van der Waals surface area (Å²) < 4.78 is 5.60. The minimum atomic E-state index is -0.933. The van der Waals surface area contributed by atoms with E-state index in [0.29, 0.717) is 65.1 Å². The summed E-state index contributed by atoms with van der Waals surface area (Å²) in [5.74, 6) is 0.795. The van der Waals surface area contributed by atoms with E-state index >= 15 is 0 Å². The molecule has 2 bridgehead atoms. The molecule has 11 nitrogen and oxygen atoms in total. The van der Waals surface area contributed by atoms with Gasteiger partial charge in [-0.1, -0.05) is 54.8 Å². The van der Waals surface area contributed by atoms with Gasteiger partial charge in [-0.2, -0.15) is 0 Å². The summed E-state index contributed by atoms with van der Waals surface area (Å²) in [5.41, 5.74) is 2.78. The number of rotatable bonds is 14. The van der Waals surface area contributed by atoms with Gasteiger partial charge in [-0.15, -0.1) is 0 Å². The molecule has 8 rings (SSSR count). The Kier molecular flexibility index (Phi) is 11.8. The number of benzene rings is 3. The van der Waals surface area contributed by atoms with Gasteiger partial charge in [0.2, 0.25) is 11.5 Å². The maximum Gasteiger partial charge on any atom is 0.314 e. The second-order valence-corrected chi connectivity index (χ2v) is 16.0. The lowest BCUT2D eigenvalue weighted by molar-refractivity contribution is -0.151. The van der Waals surface area contributed by atoms with E-state index in [9.17, 15) is 29.7 Å². The van der Waals surface area contributed by atoms with Gasteiger partial charge < -0.3 is 40.6 Å². The number of aromatic amines is 1. The highest BCUT2D eigenvalue weighted by Crippen LogP contribution is 2.52. The van der Waals surface area contributed by atoms with Crippen LogP contribution in [0.2, 0.25) is 5.02 Å². The summed E-state index contributed by atoms with van der Waals surface area (Å²) in [5, 5.41) is 38.9. The maximum absolute atomic E-state index is 13.2. The van der Waals surface area contributed by atoms with Crippen molar-refractivity contribution in [1.82, 2.24) is 15.2 Å². The molecule has 1 aliphatic carbocycles. The first-order valence-corrected chi connectivity index (χ1v) is 19.9. The average molecular weight is 771 g/mol. The van der Waals surface area contributed by atoms with Crippen molar-refractivity contribution < 1.29 is 29.6 Å². The Morgan fingerprint density at radius 2 is 1.84 bits per heavy atom. The summed E-state index contributed by atoms with van der Waals surface area (Å²) in [7, 11) is 1.53. The highest BCUT2D eigenvalue weighted by Gasteiger charge is 2.54. The van der Waals surface area contributed by atoms with Crippen molar-refractivity contribution in [3.63, 3.8) is 0 Å². The number of anilines is 1. The summed E-state index contributed by atoms with van der Waals surface area (Å²) in [6, 6.07) is 17.5. The number of aliphatic hydroxyl groups is 1. The summed E-state index contributed by atoms with van der Waals surface area (Å²) in [6.45, 7) is 3.81. The van der Waals surface area contributed by atoms with Crippen molar-refractivity contribution in [1.29, 1.82) is 0 Å². The molecule has 55 heavy (non-hydrogen) atoms. The smallest absolute Gasteiger partial charge is 0.314 e. The third-order valence-electron chi connectivity index (χ3n) is 12.5. The van der Waals surface area contributed by atoms with Crippen LogP contribution in [0.5, 0.6) is 11.5 Å². The van der Waals surface area contributed by atoms with Gasteiger partial charge in [0.25, 0.3) is 0 Å². The molecule has 3 saturated heterocycles. The van der Waals surface area contributed by atoms with Crippen LogP contribution in [0.3, 0.4) is 0 Å². The molecule has 1 aromatic heterocycles. The number of pyridine rings is 1. The minimum Gasteiger partial charge on any atom is -0.506 e. The normalized spacial score (nSPS) is 24.1. The third kappa shape index (κ3) is 8.12. The zero-order chi connectivity index (χ0) is 38.7. The number of amides is 1. The van der Waals surface area contributed by atoms with Crippen molar-refractivity contribution in [3.8, 4) is 11.5 Å². The fourth-order valence-corrected chi connectivity index (χ4v) is 9.88. The number of halogens is 1. The number of aromatic hydroxyl groups is 1. The molecule has 3 aromatic carbocycles. The first kappa shape index (κ1) is 38.8. The van der Waals surface area contributed by atoms with Gasteiger partial charge in [0.1, 0.15) is 11.5 Å². The Hall–Kier alpha value is -4.42. The molecule has 6 N–H and O–H groups in total. The number of nitrogens with zero attached hydrogens (tertiary/aromatic N) is 1. The Morgan fingerprint density at radius 3 is 2.55 bits per heavy atom. The summed E-state index contributed by atoms with van der Waals surface area (Å²) in [6.07, 6.45) is 6.71. The number of nitrogens with one attached hydrogen (secondary N) is 3. The van der Waals surface area contributed by atoms with Crippen LogP contribution < -0.4 is 20.9 Å². The largest absolute Gasteiger partial charge is 0.506 e. The molecular weight excluding hydrogens is 720 g/mol. The van der Waals surface area contributed by atoms with Crippen molar-refractivity contribution in [3.05, 3.63) is 98.3 Å². The fourth-order valence-electron chi connectivity index (χ4n) is 9.65. The highest BCUT2D eigenvalue weighted by atomic mass is 35.5. The van der Waals surface area contributed by atoms with Gasteiger partial charge in [0.15, 0.2) is 0 Å². The molecular formula is C43H51ClN4O7. The Morgan fingerprint density at radius 1 is 1.05 bits per heavy atom. The lowest BCUT2D eigenvalue weighted by atomic mass is 9.55. The number of aliphatic carboxylic acids is 1. The van der Waals surface area contributed by atoms with Crippen LogP contribution >= 0.6 is 11.6 Å². The van der Waals surface area contributed by atoms with Crippen molar-refractivity contribution in [2.24, 2.45) is 17.8 Å². The predicted octanol–water partition coefficient (Wildman–Crippen LogP) is 6.53. The quantitative estimate of drug-likeness (QED) is 0.0837. The van der Waals surface area contributed by atoms with Crippen LogP contribution in [0, 0.1) is 17.8 Å². The lowest BCUT2D eigenvalue weighted by Gasteiger charge is -2.53. The summed E-state index contributed by atoms with van der Waals surface area (Å²) >= 11 is 6.61. The standard InChI is InChI=1S/C43H51ClN4O7/c1-55-38-22-35(34(44)21-28(38)23-45-24-37(50)30-12-14-36(49)41-31(30)13-15-40(52)47-41)46-39(51)7-4-5-26-8-10-29(11-9-26)43(42(53)54)18-3-2-6-33(43)32-25-48-19-16-27(32)17-20-48/h8-15,21-22,27,32-33,37,45,49-50H,2-7,16-20,23-25H2,1H3,(H,46,51)(H,47,52)(H,53,54)/t32?,33?,37-,43?/m0/s1. The van der Waals surface area contributed by atoms with E-state index < -0.39 is 17.5 Å². The number of H-pyrrole nitrogens is 1. The van der Waals surface area contributed by atoms with Gasteiger partial charge in [0, 0.05) is 49.1 Å². The number of carbonyl (C=O) groups excluding carboxylic acids is 1. The molecule has 1 saturated carbocycles. The molecule has 292 valence electrons. The number of carboxylic acids is 1. The van der Waals surface area contributed by atoms with Gasteiger partial charge in [-0.05, 0) is 104 Å². The summed E-state index contributed by atoms with van der Waals surface area (Å²) in [4.78, 5) is 43.1. The number of carbonyl (C=O) groups is 2. The van der Waals surface area contributed by atoms with Crippen LogP contribution in [0.1, 0.15) is 79.7 Å². The molecule has 4 atom stereocenters. The zero-order valence-electron chi connectivity index (χ0n) is 31.3.